The SMILES string of the molecule is CCNC(c1ccnn1CC)C1(c2ccccc2)CC1. The number of hydrogen-bond donors (Lipinski definition) is 1. The quantitative estimate of drug-likeness (QED) is 0.872. The summed E-state index contributed by atoms with van der Waals surface area (Å²) in [6.07, 6.45) is 4.43. The Morgan fingerprint density at radius 3 is 2.55 bits per heavy atom. The predicted molar refractivity (Wildman–Crippen MR) is 81.7 cm³/mol. The molecule has 0 saturated heterocycles. The Hall–Kier alpha value is -1.61. The predicted octanol–water partition coefficient (Wildman–Crippen LogP) is 3.29. The molecule has 0 radical (unpaired) electrons. The van der Waals surface area contributed by atoms with Gasteiger partial charge >= 0.3 is 0 Å². The van der Waals surface area contributed by atoms with Gasteiger partial charge in [-0.2, -0.15) is 5.10 Å². The summed E-state index contributed by atoms with van der Waals surface area (Å²) in [5.74, 6) is 0. The van der Waals surface area contributed by atoms with Crippen LogP contribution in [0.25, 0.3) is 0 Å². The molecule has 1 heterocycles. The average Bonchev–Trinajstić information content (AvgIpc) is 3.17. The normalized spacial score (nSPS) is 17.9. The van der Waals surface area contributed by atoms with Crippen LogP contribution in [-0.4, -0.2) is 16.3 Å². The van der Waals surface area contributed by atoms with E-state index < -0.39 is 0 Å². The lowest BCUT2D eigenvalue weighted by Gasteiger charge is -2.29. The van der Waals surface area contributed by atoms with Crippen LogP contribution in [0, 0.1) is 0 Å². The topological polar surface area (TPSA) is 29.9 Å². The van der Waals surface area contributed by atoms with Crippen LogP contribution in [0.2, 0.25) is 0 Å². The summed E-state index contributed by atoms with van der Waals surface area (Å²) in [7, 11) is 0. The Balaban J connectivity index is 1.99. The van der Waals surface area contributed by atoms with Crippen LogP contribution in [0.4, 0.5) is 0 Å². The van der Waals surface area contributed by atoms with Crippen LogP contribution in [0.1, 0.15) is 44.0 Å². The summed E-state index contributed by atoms with van der Waals surface area (Å²) < 4.78 is 2.12. The first-order valence-electron chi connectivity index (χ1n) is 7.62. The first-order chi connectivity index (χ1) is 9.81. The maximum atomic E-state index is 4.45. The van der Waals surface area contributed by atoms with Gasteiger partial charge in [-0.05, 0) is 37.9 Å². The molecule has 1 saturated carbocycles. The van der Waals surface area contributed by atoms with E-state index in [1.54, 1.807) is 0 Å². The van der Waals surface area contributed by atoms with Crippen LogP contribution in [-0.2, 0) is 12.0 Å². The van der Waals surface area contributed by atoms with Crippen LogP contribution in [0.3, 0.4) is 0 Å². The molecule has 1 atom stereocenters. The average molecular weight is 269 g/mol. The van der Waals surface area contributed by atoms with Crippen LogP contribution < -0.4 is 5.32 Å². The summed E-state index contributed by atoms with van der Waals surface area (Å²) in [6, 6.07) is 13.5. The Morgan fingerprint density at radius 1 is 1.20 bits per heavy atom. The highest BCUT2D eigenvalue weighted by atomic mass is 15.3. The van der Waals surface area contributed by atoms with Crippen molar-refractivity contribution in [1.29, 1.82) is 0 Å². The van der Waals surface area contributed by atoms with Crippen molar-refractivity contribution in [2.45, 2.75) is 44.7 Å². The van der Waals surface area contributed by atoms with Crippen molar-refractivity contribution in [1.82, 2.24) is 15.1 Å². The van der Waals surface area contributed by atoms with Crippen molar-refractivity contribution < 1.29 is 0 Å². The molecule has 1 fully saturated rings. The van der Waals surface area contributed by atoms with Gasteiger partial charge in [-0.25, -0.2) is 0 Å². The fourth-order valence-corrected chi connectivity index (χ4v) is 3.29. The van der Waals surface area contributed by atoms with Crippen molar-refractivity contribution in [3.8, 4) is 0 Å². The standard InChI is InChI=1S/C17H23N3/c1-3-18-16(15-10-13-19-20(15)4-2)17(11-12-17)14-8-6-5-7-9-14/h5-10,13,16,18H,3-4,11-12H2,1-2H3. The van der Waals surface area contributed by atoms with E-state index in [4.69, 9.17) is 0 Å². The number of hydrogen-bond acceptors (Lipinski definition) is 2. The zero-order chi connectivity index (χ0) is 14.0. The van der Waals surface area contributed by atoms with Crippen LogP contribution >= 0.6 is 0 Å². The van der Waals surface area contributed by atoms with Gasteiger partial charge in [-0.15, -0.1) is 0 Å². The Morgan fingerprint density at radius 2 is 1.95 bits per heavy atom. The van der Waals surface area contributed by atoms with E-state index in [0.717, 1.165) is 13.1 Å². The van der Waals surface area contributed by atoms with Gasteiger partial charge in [0.25, 0.3) is 0 Å². The molecule has 2 aromatic rings. The minimum atomic E-state index is 0.254. The molecule has 0 amide bonds. The maximum absolute atomic E-state index is 4.45. The maximum Gasteiger partial charge on any atom is 0.0590 e. The van der Waals surface area contributed by atoms with Gasteiger partial charge in [0.2, 0.25) is 0 Å². The van der Waals surface area contributed by atoms with Gasteiger partial charge in [-0.1, -0.05) is 37.3 Å². The second-order valence-corrected chi connectivity index (χ2v) is 5.58. The first kappa shape index (κ1) is 13.4. The molecule has 1 unspecified atom stereocenters. The zero-order valence-electron chi connectivity index (χ0n) is 12.3. The molecule has 1 aromatic carbocycles. The summed E-state index contributed by atoms with van der Waals surface area (Å²) in [4.78, 5) is 0. The second kappa shape index (κ2) is 5.41. The van der Waals surface area contributed by atoms with E-state index >= 15 is 0 Å². The molecule has 1 aromatic heterocycles. The molecule has 3 nitrogen and oxygen atoms in total. The number of nitrogens with one attached hydrogen (secondary N) is 1. The third-order valence-corrected chi connectivity index (χ3v) is 4.44. The number of benzene rings is 1. The van der Waals surface area contributed by atoms with E-state index in [1.807, 2.05) is 6.20 Å². The van der Waals surface area contributed by atoms with E-state index in [1.165, 1.54) is 24.1 Å². The van der Waals surface area contributed by atoms with E-state index in [-0.39, 0.29) is 5.41 Å². The highest BCUT2D eigenvalue weighted by Crippen LogP contribution is 2.56. The van der Waals surface area contributed by atoms with Gasteiger partial charge in [-0.3, -0.25) is 4.68 Å². The molecule has 3 heteroatoms. The number of likely N-dealkylation sites (N-methyl/N-ethyl adjacent to an activating group) is 1. The molecule has 1 aliphatic rings. The monoisotopic (exact) mass is 269 g/mol. The lowest BCUT2D eigenvalue weighted by atomic mass is 9.86. The zero-order valence-corrected chi connectivity index (χ0v) is 12.3. The van der Waals surface area contributed by atoms with Gasteiger partial charge < -0.3 is 5.32 Å². The Bertz CT molecular complexity index is 555. The lowest BCUT2D eigenvalue weighted by molar-refractivity contribution is 0.406. The molecule has 106 valence electrons. The highest BCUT2D eigenvalue weighted by molar-refractivity contribution is 5.36. The fourth-order valence-electron chi connectivity index (χ4n) is 3.29. The third-order valence-electron chi connectivity index (χ3n) is 4.44. The van der Waals surface area contributed by atoms with Gasteiger partial charge in [0.05, 0.1) is 11.7 Å². The molecule has 0 spiro atoms. The molecule has 0 bridgehead atoms. The summed E-state index contributed by atoms with van der Waals surface area (Å²) in [5.41, 5.74) is 3.02. The number of aryl methyl sites for hydroxylation is 1. The van der Waals surface area contributed by atoms with Gasteiger partial charge in [0, 0.05) is 18.2 Å². The van der Waals surface area contributed by atoms with Crippen molar-refractivity contribution in [3.63, 3.8) is 0 Å². The molecule has 20 heavy (non-hydrogen) atoms. The van der Waals surface area contributed by atoms with E-state index in [0.29, 0.717) is 6.04 Å². The molecular formula is C17H23N3. The second-order valence-electron chi connectivity index (χ2n) is 5.58. The Kier molecular flexibility index (Phi) is 3.62. The van der Waals surface area contributed by atoms with Crippen LogP contribution in [0.5, 0.6) is 0 Å². The van der Waals surface area contributed by atoms with Gasteiger partial charge in [0.15, 0.2) is 0 Å². The number of aromatic nitrogens is 2. The Labute approximate surface area is 121 Å². The van der Waals surface area contributed by atoms with Crippen LogP contribution in [0.15, 0.2) is 42.6 Å². The van der Waals surface area contributed by atoms with Crippen molar-refractivity contribution in [2.75, 3.05) is 6.54 Å². The summed E-state index contributed by atoms with van der Waals surface area (Å²) >= 11 is 0. The molecular weight excluding hydrogens is 246 g/mol. The third kappa shape index (κ3) is 2.16. The molecule has 0 aliphatic heterocycles. The molecule has 1 N–H and O–H groups in total. The van der Waals surface area contributed by atoms with E-state index in [2.05, 4.69) is 65.3 Å². The number of nitrogens with zero attached hydrogens (tertiary/aromatic N) is 2. The number of rotatable bonds is 6. The van der Waals surface area contributed by atoms with Crippen molar-refractivity contribution in [3.05, 3.63) is 53.9 Å². The summed E-state index contributed by atoms with van der Waals surface area (Å²) in [6.45, 7) is 6.24. The van der Waals surface area contributed by atoms with Gasteiger partial charge in [0.1, 0.15) is 0 Å². The minimum Gasteiger partial charge on any atom is -0.308 e. The molecule has 3 rings (SSSR count). The summed E-state index contributed by atoms with van der Waals surface area (Å²) in [5, 5.41) is 8.15. The van der Waals surface area contributed by atoms with Crippen molar-refractivity contribution in [2.24, 2.45) is 0 Å². The molecule has 1 aliphatic carbocycles. The van der Waals surface area contributed by atoms with Crippen molar-refractivity contribution >= 4 is 0 Å². The first-order valence-corrected chi connectivity index (χ1v) is 7.62. The smallest absolute Gasteiger partial charge is 0.0590 e. The fraction of sp³-hybridized carbons (Fsp3) is 0.471. The highest BCUT2D eigenvalue weighted by Gasteiger charge is 2.51. The lowest BCUT2D eigenvalue weighted by Crippen LogP contribution is -2.34. The largest absolute Gasteiger partial charge is 0.308 e. The minimum absolute atomic E-state index is 0.254. The van der Waals surface area contributed by atoms with E-state index in [9.17, 15) is 0 Å².